The first kappa shape index (κ1) is 15.2. The molecule has 2 nitrogen and oxygen atoms in total. The van der Waals surface area contributed by atoms with E-state index in [1.54, 1.807) is 6.07 Å². The highest BCUT2D eigenvalue weighted by Gasteiger charge is 2.12. The van der Waals surface area contributed by atoms with Gasteiger partial charge in [0.25, 0.3) is 0 Å². The van der Waals surface area contributed by atoms with Crippen molar-refractivity contribution in [2.75, 3.05) is 11.4 Å². The van der Waals surface area contributed by atoms with Gasteiger partial charge in [-0.1, -0.05) is 54.1 Å². The fraction of sp³-hybridized carbons (Fsp3) is 0.167. The lowest BCUT2D eigenvalue weighted by Gasteiger charge is -2.26. The predicted molar refractivity (Wildman–Crippen MR) is 88.5 cm³/mol. The van der Waals surface area contributed by atoms with Crippen LogP contribution in [-0.4, -0.2) is 6.54 Å². The summed E-state index contributed by atoms with van der Waals surface area (Å²) in [7, 11) is 0. The maximum Gasteiger partial charge on any atom is 0.101 e. The van der Waals surface area contributed by atoms with Crippen LogP contribution in [0, 0.1) is 11.3 Å². The van der Waals surface area contributed by atoms with E-state index in [9.17, 15) is 5.26 Å². The molecule has 0 aliphatic carbocycles. The van der Waals surface area contributed by atoms with Crippen LogP contribution in [0.5, 0.6) is 0 Å². The summed E-state index contributed by atoms with van der Waals surface area (Å²) < 4.78 is 0. The van der Waals surface area contributed by atoms with E-state index >= 15 is 0 Å². The summed E-state index contributed by atoms with van der Waals surface area (Å²) in [6, 6.07) is 17.8. The van der Waals surface area contributed by atoms with Crippen LogP contribution in [0.2, 0.25) is 5.02 Å². The van der Waals surface area contributed by atoms with Gasteiger partial charge in [-0.3, -0.25) is 0 Å². The van der Waals surface area contributed by atoms with Gasteiger partial charge in [0.15, 0.2) is 0 Å². The lowest BCUT2D eigenvalue weighted by atomic mass is 10.1. The molecule has 21 heavy (non-hydrogen) atoms. The number of hydrogen-bond acceptors (Lipinski definition) is 2. The largest absolute Gasteiger partial charge is 0.362 e. The molecular formula is C18H17ClN2. The Morgan fingerprint density at radius 2 is 1.95 bits per heavy atom. The summed E-state index contributed by atoms with van der Waals surface area (Å²) in [4.78, 5) is 2.15. The molecule has 0 amide bonds. The lowest BCUT2D eigenvalue weighted by Crippen LogP contribution is -2.25. The lowest BCUT2D eigenvalue weighted by molar-refractivity contribution is 0.844. The van der Waals surface area contributed by atoms with E-state index in [4.69, 9.17) is 11.6 Å². The van der Waals surface area contributed by atoms with Crippen LogP contribution in [-0.2, 0) is 6.54 Å². The third-order valence-electron chi connectivity index (χ3n) is 3.10. The van der Waals surface area contributed by atoms with E-state index in [2.05, 4.69) is 29.7 Å². The summed E-state index contributed by atoms with van der Waals surface area (Å²) in [6.45, 7) is 7.40. The van der Waals surface area contributed by atoms with E-state index in [1.807, 2.05) is 37.3 Å². The Balaban J connectivity index is 2.36. The molecule has 0 aromatic heterocycles. The first-order chi connectivity index (χ1) is 10.1. The van der Waals surface area contributed by atoms with Crippen molar-refractivity contribution in [1.29, 1.82) is 5.26 Å². The van der Waals surface area contributed by atoms with Crippen molar-refractivity contribution in [2.24, 2.45) is 0 Å². The minimum absolute atomic E-state index is 0.574. The highest BCUT2D eigenvalue weighted by molar-refractivity contribution is 6.30. The predicted octanol–water partition coefficient (Wildman–Crippen LogP) is 4.79. The molecule has 2 aromatic rings. The fourth-order valence-electron chi connectivity index (χ4n) is 2.23. The zero-order valence-electron chi connectivity index (χ0n) is 12.0. The Morgan fingerprint density at radius 1 is 1.24 bits per heavy atom. The molecule has 0 aliphatic heterocycles. The van der Waals surface area contributed by atoms with Crippen LogP contribution in [0.1, 0.15) is 18.1 Å². The van der Waals surface area contributed by atoms with E-state index in [0.29, 0.717) is 17.1 Å². The Kier molecular flexibility index (Phi) is 5.03. The normalized spacial score (nSPS) is 9.95. The average Bonchev–Trinajstić information content (AvgIpc) is 2.47. The molecule has 0 unspecified atom stereocenters. The van der Waals surface area contributed by atoms with Crippen LogP contribution < -0.4 is 4.90 Å². The van der Waals surface area contributed by atoms with Gasteiger partial charge in [-0.25, -0.2) is 0 Å². The number of benzene rings is 2. The SMILES string of the molecule is C=C(C)CN(Cc1ccccc1)c1ccc(Cl)cc1C#N. The second-order valence-electron chi connectivity index (χ2n) is 5.07. The minimum Gasteiger partial charge on any atom is -0.362 e. The van der Waals surface area contributed by atoms with Crippen molar-refractivity contribution < 1.29 is 0 Å². The van der Waals surface area contributed by atoms with Crippen LogP contribution in [0.15, 0.2) is 60.7 Å². The van der Waals surface area contributed by atoms with E-state index in [0.717, 1.165) is 17.8 Å². The van der Waals surface area contributed by atoms with Crippen molar-refractivity contribution in [3.05, 3.63) is 76.8 Å². The molecule has 2 aromatic carbocycles. The maximum atomic E-state index is 9.33. The van der Waals surface area contributed by atoms with E-state index in [-0.39, 0.29) is 0 Å². The summed E-state index contributed by atoms with van der Waals surface area (Å²) in [5.41, 5.74) is 3.70. The number of rotatable bonds is 5. The van der Waals surface area contributed by atoms with Gasteiger partial charge in [0, 0.05) is 18.1 Å². The number of hydrogen-bond donors (Lipinski definition) is 0. The van der Waals surface area contributed by atoms with Gasteiger partial charge >= 0.3 is 0 Å². The molecule has 0 heterocycles. The third kappa shape index (κ3) is 4.11. The second kappa shape index (κ2) is 6.97. The Hall–Kier alpha value is -2.24. The number of halogens is 1. The first-order valence-electron chi connectivity index (χ1n) is 6.73. The zero-order valence-corrected chi connectivity index (χ0v) is 12.8. The van der Waals surface area contributed by atoms with Gasteiger partial charge < -0.3 is 4.90 Å². The van der Waals surface area contributed by atoms with E-state index < -0.39 is 0 Å². The summed E-state index contributed by atoms with van der Waals surface area (Å²) in [6.07, 6.45) is 0. The highest BCUT2D eigenvalue weighted by Crippen LogP contribution is 2.26. The van der Waals surface area contributed by atoms with Crippen LogP contribution in [0.25, 0.3) is 0 Å². The third-order valence-corrected chi connectivity index (χ3v) is 3.33. The number of anilines is 1. The van der Waals surface area contributed by atoms with Crippen molar-refractivity contribution >= 4 is 17.3 Å². The molecule has 0 spiro atoms. The number of nitrogens with zero attached hydrogens (tertiary/aromatic N) is 2. The van der Waals surface area contributed by atoms with Gasteiger partial charge in [-0.15, -0.1) is 0 Å². The maximum absolute atomic E-state index is 9.33. The molecule has 0 fully saturated rings. The fourth-order valence-corrected chi connectivity index (χ4v) is 2.40. The second-order valence-corrected chi connectivity index (χ2v) is 5.51. The Bertz CT molecular complexity index is 671. The molecule has 0 aliphatic rings. The summed E-state index contributed by atoms with van der Waals surface area (Å²) in [5.74, 6) is 0. The van der Waals surface area contributed by atoms with Crippen LogP contribution in [0.3, 0.4) is 0 Å². The molecule has 0 bridgehead atoms. The van der Waals surface area contributed by atoms with Gasteiger partial charge in [0.1, 0.15) is 6.07 Å². The molecule has 0 radical (unpaired) electrons. The molecule has 0 atom stereocenters. The molecule has 0 saturated carbocycles. The molecule has 0 N–H and O–H groups in total. The molecule has 106 valence electrons. The topological polar surface area (TPSA) is 27.0 Å². The van der Waals surface area contributed by atoms with Gasteiger partial charge in [-0.2, -0.15) is 5.26 Å². The zero-order chi connectivity index (χ0) is 15.2. The van der Waals surface area contributed by atoms with Crippen molar-refractivity contribution in [1.82, 2.24) is 0 Å². The van der Waals surface area contributed by atoms with Crippen molar-refractivity contribution in [3.8, 4) is 6.07 Å². The Morgan fingerprint density at radius 3 is 2.57 bits per heavy atom. The van der Waals surface area contributed by atoms with Gasteiger partial charge in [0.2, 0.25) is 0 Å². The van der Waals surface area contributed by atoms with Crippen molar-refractivity contribution in [2.45, 2.75) is 13.5 Å². The monoisotopic (exact) mass is 296 g/mol. The summed E-state index contributed by atoms with van der Waals surface area (Å²) >= 11 is 5.98. The smallest absolute Gasteiger partial charge is 0.101 e. The Labute approximate surface area is 130 Å². The molecule has 0 saturated heterocycles. The highest BCUT2D eigenvalue weighted by atomic mass is 35.5. The first-order valence-corrected chi connectivity index (χ1v) is 7.11. The number of nitriles is 1. The summed E-state index contributed by atoms with van der Waals surface area (Å²) in [5, 5.41) is 9.91. The van der Waals surface area contributed by atoms with Crippen LogP contribution >= 0.6 is 11.6 Å². The standard InChI is InChI=1S/C18H17ClN2/c1-14(2)12-21(13-15-6-4-3-5-7-15)18-9-8-17(19)10-16(18)11-20/h3-10H,1,12-13H2,2H3. The van der Waals surface area contributed by atoms with Gasteiger partial charge in [0.05, 0.1) is 11.3 Å². The molecule has 2 rings (SSSR count). The molecule has 3 heteroatoms. The van der Waals surface area contributed by atoms with Crippen molar-refractivity contribution in [3.63, 3.8) is 0 Å². The van der Waals surface area contributed by atoms with E-state index in [1.165, 1.54) is 5.56 Å². The quantitative estimate of drug-likeness (QED) is 0.741. The average molecular weight is 297 g/mol. The van der Waals surface area contributed by atoms with Gasteiger partial charge in [-0.05, 0) is 30.7 Å². The molecular weight excluding hydrogens is 280 g/mol. The minimum atomic E-state index is 0.574. The van der Waals surface area contributed by atoms with Crippen LogP contribution in [0.4, 0.5) is 5.69 Å².